The van der Waals surface area contributed by atoms with E-state index in [1.165, 1.54) is 12.1 Å². The van der Waals surface area contributed by atoms with Crippen molar-refractivity contribution in [3.05, 3.63) is 95.6 Å². The van der Waals surface area contributed by atoms with Crippen LogP contribution in [-0.4, -0.2) is 30.5 Å². The highest BCUT2D eigenvalue weighted by molar-refractivity contribution is 5.94. The normalized spacial score (nSPS) is 11.4. The van der Waals surface area contributed by atoms with Gasteiger partial charge >= 0.3 is 5.97 Å². The highest BCUT2D eigenvalue weighted by Crippen LogP contribution is 2.26. The molecule has 160 valence electrons. The SMILES string of the molecule is COc1ccc(C(=O)NCCCC(=O)O[C@H](c2ccncc2)c2ccc(F)cc2)cc1. The van der Waals surface area contributed by atoms with Gasteiger partial charge < -0.3 is 14.8 Å². The molecular weight excluding hydrogens is 399 g/mol. The number of nitrogens with one attached hydrogen (secondary N) is 1. The summed E-state index contributed by atoms with van der Waals surface area (Å²) in [5.74, 6) is -0.331. The number of aromatic nitrogens is 1. The molecule has 0 bridgehead atoms. The fourth-order valence-electron chi connectivity index (χ4n) is 2.97. The average molecular weight is 422 g/mol. The number of methoxy groups -OCH3 is 1. The van der Waals surface area contributed by atoms with Gasteiger partial charge in [0.05, 0.1) is 7.11 Å². The number of hydrogen-bond acceptors (Lipinski definition) is 5. The van der Waals surface area contributed by atoms with Gasteiger partial charge in [-0.15, -0.1) is 0 Å². The number of pyridine rings is 1. The highest BCUT2D eigenvalue weighted by atomic mass is 19.1. The highest BCUT2D eigenvalue weighted by Gasteiger charge is 2.19. The van der Waals surface area contributed by atoms with Gasteiger partial charge in [-0.3, -0.25) is 14.6 Å². The number of ether oxygens (including phenoxy) is 2. The Labute approximate surface area is 180 Å². The zero-order valence-electron chi connectivity index (χ0n) is 17.1. The van der Waals surface area contributed by atoms with E-state index in [0.717, 1.165) is 5.56 Å². The minimum absolute atomic E-state index is 0.131. The van der Waals surface area contributed by atoms with Crippen LogP contribution in [0.1, 0.15) is 40.4 Å². The Morgan fingerprint density at radius 3 is 2.26 bits per heavy atom. The number of halogens is 1. The Balaban J connectivity index is 1.52. The molecule has 2 aromatic carbocycles. The summed E-state index contributed by atoms with van der Waals surface area (Å²) in [5.41, 5.74) is 1.91. The molecule has 0 spiro atoms. The van der Waals surface area contributed by atoms with Gasteiger partial charge in [0.25, 0.3) is 5.91 Å². The average Bonchev–Trinajstić information content (AvgIpc) is 2.81. The lowest BCUT2D eigenvalue weighted by Crippen LogP contribution is -2.25. The molecule has 1 amide bonds. The number of carbonyl (C=O) groups is 2. The molecule has 0 aliphatic carbocycles. The predicted octanol–water partition coefficient (Wildman–Crippen LogP) is 4.07. The molecule has 0 fully saturated rings. The van der Waals surface area contributed by atoms with Gasteiger partial charge in [-0.05, 0) is 60.5 Å². The first-order valence-electron chi connectivity index (χ1n) is 9.84. The summed E-state index contributed by atoms with van der Waals surface area (Å²) in [6, 6.07) is 16.1. The first kappa shape index (κ1) is 22.0. The van der Waals surface area contributed by atoms with Crippen molar-refractivity contribution in [3.63, 3.8) is 0 Å². The van der Waals surface area contributed by atoms with Crippen molar-refractivity contribution in [3.8, 4) is 5.75 Å². The Hall–Kier alpha value is -3.74. The van der Waals surface area contributed by atoms with Gasteiger partial charge in [-0.2, -0.15) is 0 Å². The molecular formula is C24H23FN2O4. The van der Waals surface area contributed by atoms with Crippen LogP contribution in [0, 0.1) is 5.82 Å². The van der Waals surface area contributed by atoms with E-state index in [9.17, 15) is 14.0 Å². The van der Waals surface area contributed by atoms with Crippen LogP contribution in [-0.2, 0) is 9.53 Å². The smallest absolute Gasteiger partial charge is 0.306 e. The number of rotatable bonds is 9. The van der Waals surface area contributed by atoms with E-state index in [1.807, 2.05) is 0 Å². The summed E-state index contributed by atoms with van der Waals surface area (Å²) in [5, 5.41) is 2.78. The Bertz CT molecular complexity index is 992. The molecule has 7 heteroatoms. The summed E-state index contributed by atoms with van der Waals surface area (Å²) < 4.78 is 24.0. The van der Waals surface area contributed by atoms with Crippen molar-refractivity contribution in [2.24, 2.45) is 0 Å². The molecule has 1 aromatic heterocycles. The molecule has 1 heterocycles. The second-order valence-corrected chi connectivity index (χ2v) is 6.79. The third kappa shape index (κ3) is 6.37. The third-order valence-electron chi connectivity index (χ3n) is 4.63. The molecule has 0 aliphatic heterocycles. The number of amides is 1. The van der Waals surface area contributed by atoms with Crippen LogP contribution in [0.15, 0.2) is 73.1 Å². The minimum Gasteiger partial charge on any atom is -0.497 e. The summed E-state index contributed by atoms with van der Waals surface area (Å²) in [6.45, 7) is 0.330. The quantitative estimate of drug-likeness (QED) is 0.415. The van der Waals surface area contributed by atoms with Gasteiger partial charge in [0.2, 0.25) is 0 Å². The lowest BCUT2D eigenvalue weighted by molar-refractivity contribution is -0.147. The molecule has 0 radical (unpaired) electrons. The Morgan fingerprint density at radius 1 is 0.968 bits per heavy atom. The van der Waals surface area contributed by atoms with Crippen molar-refractivity contribution in [2.45, 2.75) is 18.9 Å². The molecule has 0 unspecified atom stereocenters. The largest absolute Gasteiger partial charge is 0.497 e. The van der Waals surface area contributed by atoms with Crippen LogP contribution in [0.2, 0.25) is 0 Å². The van der Waals surface area contributed by atoms with Crippen LogP contribution >= 0.6 is 0 Å². The number of esters is 1. The number of carbonyl (C=O) groups excluding carboxylic acids is 2. The molecule has 3 aromatic rings. The molecule has 1 N–H and O–H groups in total. The summed E-state index contributed by atoms with van der Waals surface area (Å²) in [7, 11) is 1.56. The van der Waals surface area contributed by atoms with E-state index < -0.39 is 12.1 Å². The third-order valence-corrected chi connectivity index (χ3v) is 4.63. The standard InChI is InChI=1S/C24H23FN2O4/c1-30-21-10-6-19(7-11-21)24(29)27-14-2-3-22(28)31-23(18-12-15-26-16-13-18)17-4-8-20(25)9-5-17/h4-13,15-16,23H,2-3,14H2,1H3,(H,27,29)/t23-/m0/s1. The molecule has 0 saturated carbocycles. The van der Waals surface area contributed by atoms with Crippen molar-refractivity contribution < 1.29 is 23.5 Å². The van der Waals surface area contributed by atoms with Gasteiger partial charge in [-0.1, -0.05) is 12.1 Å². The number of hydrogen-bond donors (Lipinski definition) is 1. The fourth-order valence-corrected chi connectivity index (χ4v) is 2.97. The number of benzene rings is 2. The van der Waals surface area contributed by atoms with Crippen LogP contribution in [0.3, 0.4) is 0 Å². The minimum atomic E-state index is -0.662. The molecule has 0 aliphatic rings. The lowest BCUT2D eigenvalue weighted by atomic mass is 10.0. The van der Waals surface area contributed by atoms with Crippen molar-refractivity contribution >= 4 is 11.9 Å². The topological polar surface area (TPSA) is 77.5 Å². The van der Waals surface area contributed by atoms with Gasteiger partial charge in [0, 0.05) is 36.5 Å². The van der Waals surface area contributed by atoms with E-state index in [2.05, 4.69) is 10.3 Å². The Kier molecular flexibility index (Phi) is 7.70. The lowest BCUT2D eigenvalue weighted by Gasteiger charge is -2.19. The predicted molar refractivity (Wildman–Crippen MR) is 113 cm³/mol. The molecule has 6 nitrogen and oxygen atoms in total. The van der Waals surface area contributed by atoms with Crippen LogP contribution < -0.4 is 10.1 Å². The Morgan fingerprint density at radius 2 is 1.61 bits per heavy atom. The second-order valence-electron chi connectivity index (χ2n) is 6.79. The van der Waals surface area contributed by atoms with E-state index >= 15 is 0 Å². The zero-order valence-corrected chi connectivity index (χ0v) is 17.1. The van der Waals surface area contributed by atoms with Crippen molar-refractivity contribution in [1.29, 1.82) is 0 Å². The maximum Gasteiger partial charge on any atom is 0.306 e. The van der Waals surface area contributed by atoms with E-state index in [0.29, 0.717) is 29.8 Å². The van der Waals surface area contributed by atoms with Crippen LogP contribution in [0.25, 0.3) is 0 Å². The van der Waals surface area contributed by atoms with Crippen molar-refractivity contribution in [1.82, 2.24) is 10.3 Å². The van der Waals surface area contributed by atoms with Crippen LogP contribution in [0.5, 0.6) is 5.75 Å². The number of nitrogens with zero attached hydrogens (tertiary/aromatic N) is 1. The second kappa shape index (κ2) is 10.9. The maximum atomic E-state index is 13.3. The molecule has 0 saturated heterocycles. The maximum absolute atomic E-state index is 13.3. The first-order valence-corrected chi connectivity index (χ1v) is 9.84. The molecule has 31 heavy (non-hydrogen) atoms. The van der Waals surface area contributed by atoms with Gasteiger partial charge in [-0.25, -0.2) is 4.39 Å². The van der Waals surface area contributed by atoms with Gasteiger partial charge in [0.15, 0.2) is 6.10 Å². The van der Waals surface area contributed by atoms with E-state index in [-0.39, 0.29) is 18.1 Å². The van der Waals surface area contributed by atoms with E-state index in [4.69, 9.17) is 9.47 Å². The summed E-state index contributed by atoms with van der Waals surface area (Å²) in [4.78, 5) is 28.6. The molecule has 1 atom stereocenters. The monoisotopic (exact) mass is 422 g/mol. The van der Waals surface area contributed by atoms with E-state index in [1.54, 1.807) is 68.0 Å². The summed E-state index contributed by atoms with van der Waals surface area (Å²) in [6.07, 6.45) is 3.10. The fraction of sp³-hybridized carbons (Fsp3) is 0.208. The van der Waals surface area contributed by atoms with Gasteiger partial charge in [0.1, 0.15) is 11.6 Å². The zero-order chi connectivity index (χ0) is 22.1. The van der Waals surface area contributed by atoms with Crippen molar-refractivity contribution in [2.75, 3.05) is 13.7 Å². The first-order chi connectivity index (χ1) is 15.1. The molecule has 3 rings (SSSR count). The van der Waals surface area contributed by atoms with Crippen LogP contribution in [0.4, 0.5) is 4.39 Å². The summed E-state index contributed by atoms with van der Waals surface area (Å²) >= 11 is 0.